The molecular weight excluding hydrogens is 502 g/mol. The average molecular weight is 538 g/mol. The van der Waals surface area contributed by atoms with Gasteiger partial charge in [-0.1, -0.05) is 35.9 Å². The van der Waals surface area contributed by atoms with Crippen LogP contribution >= 0.6 is 11.6 Å². The lowest BCUT2D eigenvalue weighted by Gasteiger charge is -2.30. The highest BCUT2D eigenvalue weighted by Crippen LogP contribution is 2.30. The molecule has 1 N–H and O–H groups in total. The van der Waals surface area contributed by atoms with Gasteiger partial charge in [-0.05, 0) is 63.9 Å². The Morgan fingerprint density at radius 3 is 2.39 bits per heavy atom. The zero-order chi connectivity index (χ0) is 26.9. The first-order chi connectivity index (χ1) is 16.9. The summed E-state index contributed by atoms with van der Waals surface area (Å²) in [6.07, 6.45) is 1.45. The van der Waals surface area contributed by atoms with Gasteiger partial charge < -0.3 is 15.0 Å². The molecule has 8 nitrogen and oxygen atoms in total. The predicted molar refractivity (Wildman–Crippen MR) is 144 cm³/mol. The van der Waals surface area contributed by atoms with E-state index in [0.29, 0.717) is 23.1 Å². The molecule has 0 aliphatic heterocycles. The Balaban J connectivity index is 2.21. The van der Waals surface area contributed by atoms with E-state index in [4.69, 9.17) is 16.3 Å². The molecule has 0 aromatic heterocycles. The number of ether oxygens (including phenoxy) is 1. The van der Waals surface area contributed by atoms with Crippen molar-refractivity contribution in [3.05, 3.63) is 59.1 Å². The van der Waals surface area contributed by atoms with Crippen LogP contribution in [0.3, 0.4) is 0 Å². The van der Waals surface area contributed by atoms with Crippen molar-refractivity contribution in [2.24, 2.45) is 0 Å². The molecule has 0 fully saturated rings. The molecule has 2 rings (SSSR count). The Bertz CT molecular complexity index is 1140. The summed E-state index contributed by atoms with van der Waals surface area (Å²) in [6, 6.07) is 13.2. The molecule has 36 heavy (non-hydrogen) atoms. The molecule has 2 amide bonds. The minimum atomic E-state index is -3.62. The van der Waals surface area contributed by atoms with Gasteiger partial charge >= 0.3 is 0 Å². The molecule has 1 unspecified atom stereocenters. The molecule has 2 aromatic rings. The van der Waals surface area contributed by atoms with E-state index < -0.39 is 16.1 Å². The van der Waals surface area contributed by atoms with E-state index in [0.717, 1.165) is 11.8 Å². The normalized spacial score (nSPS) is 12.2. The lowest BCUT2D eigenvalue weighted by molar-refractivity contribution is -0.140. The van der Waals surface area contributed by atoms with Gasteiger partial charge in [0.05, 0.1) is 18.6 Å². The molecule has 1 atom stereocenters. The SMILES string of the molecule is CCOc1ccccc1N(CCCC(=O)N(Cc1cccc(Cl)c1)C(C)C(=O)NC(C)C)S(C)(=O)=O. The van der Waals surface area contributed by atoms with Crippen molar-refractivity contribution >= 4 is 39.1 Å². The number of nitrogens with one attached hydrogen (secondary N) is 1. The van der Waals surface area contributed by atoms with Gasteiger partial charge in [-0.25, -0.2) is 8.42 Å². The van der Waals surface area contributed by atoms with Crippen molar-refractivity contribution < 1.29 is 22.7 Å². The number of anilines is 1. The number of amides is 2. The van der Waals surface area contributed by atoms with Crippen LogP contribution < -0.4 is 14.4 Å². The van der Waals surface area contributed by atoms with Gasteiger partial charge in [0.15, 0.2) is 0 Å². The lowest BCUT2D eigenvalue weighted by Crippen LogP contribution is -2.49. The molecular formula is C26H36ClN3O5S. The van der Waals surface area contributed by atoms with Crippen molar-refractivity contribution in [1.82, 2.24) is 10.2 Å². The summed E-state index contributed by atoms with van der Waals surface area (Å²) in [5.41, 5.74) is 1.22. The van der Waals surface area contributed by atoms with E-state index in [-0.39, 0.29) is 43.8 Å². The number of carbonyl (C=O) groups is 2. The smallest absolute Gasteiger partial charge is 0.242 e. The number of hydrogen-bond donors (Lipinski definition) is 1. The molecule has 10 heteroatoms. The molecule has 0 aliphatic rings. The van der Waals surface area contributed by atoms with Gasteiger partial charge in [-0.3, -0.25) is 13.9 Å². The third-order valence-corrected chi connectivity index (χ3v) is 6.84. The summed E-state index contributed by atoms with van der Waals surface area (Å²) in [6.45, 7) is 7.90. The van der Waals surface area contributed by atoms with Crippen LogP contribution in [-0.2, 0) is 26.2 Å². The van der Waals surface area contributed by atoms with Crippen LogP contribution in [0.25, 0.3) is 0 Å². The first-order valence-electron chi connectivity index (χ1n) is 12.0. The quantitative estimate of drug-likeness (QED) is 0.412. The molecule has 198 valence electrons. The fraction of sp³-hybridized carbons (Fsp3) is 0.462. The molecule has 0 heterocycles. The van der Waals surface area contributed by atoms with Crippen molar-refractivity contribution in [1.29, 1.82) is 0 Å². The number of rotatable bonds is 13. The maximum absolute atomic E-state index is 13.3. The predicted octanol–water partition coefficient (Wildman–Crippen LogP) is 4.23. The minimum absolute atomic E-state index is 0.0582. The van der Waals surface area contributed by atoms with Gasteiger partial charge in [0.2, 0.25) is 21.8 Å². The van der Waals surface area contributed by atoms with Gasteiger partial charge in [-0.2, -0.15) is 0 Å². The minimum Gasteiger partial charge on any atom is -0.492 e. The number of para-hydroxylation sites is 2. The van der Waals surface area contributed by atoms with Crippen molar-refractivity contribution in [3.63, 3.8) is 0 Å². The molecule has 0 aliphatic carbocycles. The Hall–Kier alpha value is -2.78. The van der Waals surface area contributed by atoms with Gasteiger partial charge in [0.1, 0.15) is 11.8 Å². The molecule has 0 spiro atoms. The number of carbonyl (C=O) groups excluding carboxylic acids is 2. The van der Waals surface area contributed by atoms with Crippen LogP contribution in [-0.4, -0.2) is 56.6 Å². The fourth-order valence-corrected chi connectivity index (χ4v) is 4.92. The second-order valence-electron chi connectivity index (χ2n) is 8.83. The first-order valence-corrected chi connectivity index (χ1v) is 14.2. The summed E-state index contributed by atoms with van der Waals surface area (Å²) < 4.78 is 32.0. The number of hydrogen-bond acceptors (Lipinski definition) is 5. The zero-order valence-electron chi connectivity index (χ0n) is 21.5. The summed E-state index contributed by atoms with van der Waals surface area (Å²) in [5, 5.41) is 3.39. The summed E-state index contributed by atoms with van der Waals surface area (Å²) >= 11 is 6.12. The highest BCUT2D eigenvalue weighted by Gasteiger charge is 2.27. The molecule has 0 saturated heterocycles. The highest BCUT2D eigenvalue weighted by atomic mass is 35.5. The number of nitrogens with zero attached hydrogens (tertiary/aromatic N) is 2. The van der Waals surface area contributed by atoms with Gasteiger partial charge in [-0.15, -0.1) is 0 Å². The average Bonchev–Trinajstić information content (AvgIpc) is 2.79. The maximum Gasteiger partial charge on any atom is 0.242 e. The van der Waals surface area contributed by atoms with Gasteiger partial charge in [0.25, 0.3) is 0 Å². The summed E-state index contributed by atoms with van der Waals surface area (Å²) in [7, 11) is -3.62. The Morgan fingerprint density at radius 1 is 1.08 bits per heavy atom. The Morgan fingerprint density at radius 2 is 1.78 bits per heavy atom. The van der Waals surface area contributed by atoms with Crippen LogP contribution in [0.2, 0.25) is 5.02 Å². The molecule has 0 saturated carbocycles. The van der Waals surface area contributed by atoms with E-state index in [2.05, 4.69) is 5.32 Å². The standard InChI is InChI=1S/C26H36ClN3O5S/c1-6-35-24-14-8-7-13-23(24)30(36(5,33)34)16-10-15-25(31)29(20(4)26(32)28-19(2)3)18-21-11-9-12-22(27)17-21/h7-9,11-14,17,19-20H,6,10,15-16,18H2,1-5H3,(H,28,32). The Labute approximate surface area is 219 Å². The molecule has 2 aromatic carbocycles. The summed E-state index contributed by atoms with van der Waals surface area (Å²) in [5.74, 6) is -0.0602. The second kappa shape index (κ2) is 13.5. The van der Waals surface area contributed by atoms with Crippen LogP contribution in [0.15, 0.2) is 48.5 Å². The van der Waals surface area contributed by atoms with Crippen LogP contribution in [0.4, 0.5) is 5.69 Å². The fourth-order valence-electron chi connectivity index (χ4n) is 3.74. The summed E-state index contributed by atoms with van der Waals surface area (Å²) in [4.78, 5) is 27.5. The number of benzene rings is 2. The van der Waals surface area contributed by atoms with E-state index in [1.54, 1.807) is 49.4 Å². The Kier molecular flexibility index (Phi) is 11.0. The van der Waals surface area contributed by atoms with Crippen LogP contribution in [0.5, 0.6) is 5.75 Å². The first kappa shape index (κ1) is 29.5. The highest BCUT2D eigenvalue weighted by molar-refractivity contribution is 7.92. The topological polar surface area (TPSA) is 96.0 Å². The van der Waals surface area contributed by atoms with Crippen molar-refractivity contribution in [2.45, 2.75) is 59.2 Å². The van der Waals surface area contributed by atoms with E-state index in [9.17, 15) is 18.0 Å². The van der Waals surface area contributed by atoms with E-state index >= 15 is 0 Å². The monoisotopic (exact) mass is 537 g/mol. The van der Waals surface area contributed by atoms with Crippen molar-refractivity contribution in [2.75, 3.05) is 23.7 Å². The van der Waals surface area contributed by atoms with Crippen LogP contribution in [0, 0.1) is 0 Å². The number of halogens is 1. The van der Waals surface area contributed by atoms with E-state index in [1.807, 2.05) is 26.8 Å². The van der Waals surface area contributed by atoms with E-state index in [1.165, 1.54) is 9.21 Å². The number of sulfonamides is 1. The molecule has 0 radical (unpaired) electrons. The van der Waals surface area contributed by atoms with Gasteiger partial charge in [0, 0.05) is 30.6 Å². The lowest BCUT2D eigenvalue weighted by atomic mass is 10.1. The molecule has 0 bridgehead atoms. The van der Waals surface area contributed by atoms with Crippen LogP contribution in [0.1, 0.15) is 46.1 Å². The third kappa shape index (κ3) is 8.71. The zero-order valence-corrected chi connectivity index (χ0v) is 23.1. The van der Waals surface area contributed by atoms with Crippen molar-refractivity contribution in [3.8, 4) is 5.75 Å². The third-order valence-electron chi connectivity index (χ3n) is 5.43. The maximum atomic E-state index is 13.3. The largest absolute Gasteiger partial charge is 0.492 e. The second-order valence-corrected chi connectivity index (χ2v) is 11.2.